The molecule has 0 heterocycles. The molecule has 1 unspecified atom stereocenters. The zero-order valence-electron chi connectivity index (χ0n) is 12.8. The summed E-state index contributed by atoms with van der Waals surface area (Å²) in [6.45, 7) is 0. The van der Waals surface area contributed by atoms with Gasteiger partial charge in [0.25, 0.3) is 0 Å². The number of hydrogen-bond acceptors (Lipinski definition) is 1. The molecule has 0 aromatic heterocycles. The maximum Gasteiger partial charge on any atom is 0.154 e. The van der Waals surface area contributed by atoms with E-state index in [0.29, 0.717) is 0 Å². The molecule has 22 heavy (non-hydrogen) atoms. The summed E-state index contributed by atoms with van der Waals surface area (Å²) in [6.07, 6.45) is 5.75. The van der Waals surface area contributed by atoms with Crippen LogP contribution in [0.4, 0.5) is 0 Å². The van der Waals surface area contributed by atoms with Crippen LogP contribution in [-0.2, 0) is 5.60 Å². The fourth-order valence-corrected chi connectivity index (χ4v) is 3.31. The minimum atomic E-state index is -1.04. The zero-order valence-corrected chi connectivity index (χ0v) is 12.8. The van der Waals surface area contributed by atoms with Crippen molar-refractivity contribution in [3.05, 3.63) is 71.8 Å². The number of hydrogen-bond donors (Lipinski definition) is 1. The fraction of sp³-hybridized carbons (Fsp3) is 0.333. The Hall–Kier alpha value is -2.04. The molecule has 0 aliphatic heterocycles. The van der Waals surface area contributed by atoms with Crippen LogP contribution in [0.2, 0.25) is 0 Å². The molecule has 3 rings (SSSR count). The van der Waals surface area contributed by atoms with Gasteiger partial charge in [-0.15, -0.1) is 0 Å². The Morgan fingerprint density at radius 3 is 2.05 bits per heavy atom. The van der Waals surface area contributed by atoms with Crippen molar-refractivity contribution in [2.75, 3.05) is 0 Å². The molecule has 2 aromatic rings. The first-order valence-electron chi connectivity index (χ1n) is 8.15. The predicted octanol–water partition coefficient (Wildman–Crippen LogP) is 4.51. The quantitative estimate of drug-likeness (QED) is 0.807. The van der Waals surface area contributed by atoms with Gasteiger partial charge in [0, 0.05) is 11.5 Å². The first kappa shape index (κ1) is 14.9. The lowest BCUT2D eigenvalue weighted by atomic mass is 9.73. The molecular formula is C21H22O. The van der Waals surface area contributed by atoms with Gasteiger partial charge in [0.1, 0.15) is 0 Å². The molecule has 112 valence electrons. The summed E-state index contributed by atoms with van der Waals surface area (Å²) < 4.78 is 0. The topological polar surface area (TPSA) is 20.2 Å². The highest BCUT2D eigenvalue weighted by Gasteiger charge is 2.37. The van der Waals surface area contributed by atoms with E-state index in [4.69, 9.17) is 0 Å². The van der Waals surface area contributed by atoms with Gasteiger partial charge in [0.15, 0.2) is 5.60 Å². The first-order chi connectivity index (χ1) is 10.8. The molecule has 2 aromatic carbocycles. The summed E-state index contributed by atoms with van der Waals surface area (Å²) in [4.78, 5) is 0. The first-order valence-corrected chi connectivity index (χ1v) is 8.15. The lowest BCUT2D eigenvalue weighted by Gasteiger charge is -2.35. The molecule has 0 amide bonds. The third-order valence-electron chi connectivity index (χ3n) is 4.58. The molecular weight excluding hydrogens is 268 g/mol. The Balaban J connectivity index is 1.98. The second-order valence-electron chi connectivity index (χ2n) is 6.08. The van der Waals surface area contributed by atoms with Crippen LogP contribution in [0.1, 0.15) is 43.2 Å². The molecule has 0 saturated heterocycles. The number of rotatable bonds is 2. The Labute approximate surface area is 133 Å². The second kappa shape index (κ2) is 6.81. The van der Waals surface area contributed by atoms with Crippen molar-refractivity contribution in [2.45, 2.75) is 37.7 Å². The number of benzene rings is 2. The minimum Gasteiger partial charge on any atom is -0.373 e. The lowest BCUT2D eigenvalue weighted by Crippen LogP contribution is -2.35. The van der Waals surface area contributed by atoms with Gasteiger partial charge >= 0.3 is 0 Å². The van der Waals surface area contributed by atoms with Gasteiger partial charge in [-0.25, -0.2) is 0 Å². The molecule has 0 spiro atoms. The molecule has 1 aliphatic rings. The highest BCUT2D eigenvalue weighted by molar-refractivity contribution is 5.40. The van der Waals surface area contributed by atoms with E-state index in [1.807, 2.05) is 60.7 Å². The predicted molar refractivity (Wildman–Crippen MR) is 90.2 cm³/mol. The van der Waals surface area contributed by atoms with Crippen LogP contribution >= 0.6 is 0 Å². The summed E-state index contributed by atoms with van der Waals surface area (Å²) in [7, 11) is 0. The van der Waals surface area contributed by atoms with Crippen LogP contribution in [0, 0.1) is 17.8 Å². The Morgan fingerprint density at radius 1 is 0.818 bits per heavy atom. The van der Waals surface area contributed by atoms with E-state index in [9.17, 15) is 5.11 Å². The van der Waals surface area contributed by atoms with E-state index < -0.39 is 5.60 Å². The maximum absolute atomic E-state index is 11.4. The maximum atomic E-state index is 11.4. The van der Waals surface area contributed by atoms with Crippen LogP contribution < -0.4 is 0 Å². The summed E-state index contributed by atoms with van der Waals surface area (Å²) in [6, 6.07) is 19.8. The van der Waals surface area contributed by atoms with Crippen LogP contribution in [0.15, 0.2) is 60.7 Å². The van der Waals surface area contributed by atoms with Crippen LogP contribution in [-0.4, -0.2) is 5.11 Å². The van der Waals surface area contributed by atoms with Crippen LogP contribution in [0.5, 0.6) is 0 Å². The molecule has 1 heteroatoms. The van der Waals surface area contributed by atoms with E-state index >= 15 is 0 Å². The standard InChI is InChI=1S/C21H22O/c22-21(19-12-6-2-7-13-19,20-14-8-3-9-15-20)17-16-18-10-4-1-5-11-18/h1-2,4-7,10-13,20,22H,3,8-9,14-15H2. The van der Waals surface area contributed by atoms with Crippen molar-refractivity contribution < 1.29 is 5.11 Å². The van der Waals surface area contributed by atoms with Gasteiger partial charge in [-0.2, -0.15) is 0 Å². The third kappa shape index (κ3) is 3.24. The highest BCUT2D eigenvalue weighted by Crippen LogP contribution is 2.39. The third-order valence-corrected chi connectivity index (χ3v) is 4.58. The average Bonchev–Trinajstić information content (AvgIpc) is 2.62. The van der Waals surface area contributed by atoms with Crippen molar-refractivity contribution in [2.24, 2.45) is 5.92 Å². The van der Waals surface area contributed by atoms with Gasteiger partial charge < -0.3 is 5.11 Å². The summed E-state index contributed by atoms with van der Waals surface area (Å²) in [5.41, 5.74) is 0.829. The lowest BCUT2D eigenvalue weighted by molar-refractivity contribution is 0.0160. The Morgan fingerprint density at radius 2 is 1.41 bits per heavy atom. The fourth-order valence-electron chi connectivity index (χ4n) is 3.31. The summed E-state index contributed by atoms with van der Waals surface area (Å²) in [5, 5.41) is 11.4. The molecule has 1 saturated carbocycles. The minimum absolute atomic E-state index is 0.222. The molecule has 1 aliphatic carbocycles. The van der Waals surface area contributed by atoms with Gasteiger partial charge in [0.2, 0.25) is 0 Å². The molecule has 1 nitrogen and oxygen atoms in total. The van der Waals surface area contributed by atoms with E-state index in [2.05, 4.69) is 11.8 Å². The molecule has 0 radical (unpaired) electrons. The highest BCUT2D eigenvalue weighted by atomic mass is 16.3. The van der Waals surface area contributed by atoms with E-state index in [-0.39, 0.29) is 5.92 Å². The van der Waals surface area contributed by atoms with E-state index in [0.717, 1.165) is 24.0 Å². The summed E-state index contributed by atoms with van der Waals surface area (Å²) >= 11 is 0. The molecule has 1 atom stereocenters. The van der Waals surface area contributed by atoms with Crippen molar-refractivity contribution in [1.29, 1.82) is 0 Å². The SMILES string of the molecule is OC(C#Cc1ccccc1)(c1ccccc1)C1CCCCC1. The van der Waals surface area contributed by atoms with Gasteiger partial charge in [-0.3, -0.25) is 0 Å². The molecule has 0 bridgehead atoms. The van der Waals surface area contributed by atoms with Crippen molar-refractivity contribution in [3.8, 4) is 11.8 Å². The van der Waals surface area contributed by atoms with Crippen molar-refractivity contribution >= 4 is 0 Å². The Bertz CT molecular complexity index is 645. The van der Waals surface area contributed by atoms with Crippen molar-refractivity contribution in [3.63, 3.8) is 0 Å². The van der Waals surface area contributed by atoms with Crippen LogP contribution in [0.3, 0.4) is 0 Å². The van der Waals surface area contributed by atoms with E-state index in [1.54, 1.807) is 0 Å². The second-order valence-corrected chi connectivity index (χ2v) is 6.08. The van der Waals surface area contributed by atoms with Crippen LogP contribution in [0.25, 0.3) is 0 Å². The van der Waals surface area contributed by atoms with Gasteiger partial charge in [-0.05, 0) is 30.5 Å². The summed E-state index contributed by atoms with van der Waals surface area (Å²) in [5.74, 6) is 6.61. The van der Waals surface area contributed by atoms with E-state index in [1.165, 1.54) is 19.3 Å². The zero-order chi connectivity index (χ0) is 15.3. The average molecular weight is 290 g/mol. The van der Waals surface area contributed by atoms with Crippen molar-refractivity contribution in [1.82, 2.24) is 0 Å². The smallest absolute Gasteiger partial charge is 0.154 e. The van der Waals surface area contributed by atoms with Gasteiger partial charge in [-0.1, -0.05) is 79.6 Å². The molecule has 1 fully saturated rings. The number of aliphatic hydroxyl groups is 1. The monoisotopic (exact) mass is 290 g/mol. The van der Waals surface area contributed by atoms with Gasteiger partial charge in [0.05, 0.1) is 0 Å². The largest absolute Gasteiger partial charge is 0.373 e. The molecule has 1 N–H and O–H groups in total. The Kier molecular flexibility index (Phi) is 4.61. The normalized spacial score (nSPS) is 18.0.